The lowest BCUT2D eigenvalue weighted by molar-refractivity contribution is 0.103. The smallest absolute Gasteiger partial charge is 0.161 e. The van der Waals surface area contributed by atoms with Crippen molar-refractivity contribution in [2.75, 3.05) is 26.8 Å². The molecule has 0 saturated heterocycles. The van der Waals surface area contributed by atoms with Gasteiger partial charge in [-0.25, -0.2) is 0 Å². The third kappa shape index (κ3) is 4.93. The summed E-state index contributed by atoms with van der Waals surface area (Å²) in [6, 6.07) is 21.7. The maximum absolute atomic E-state index is 10.3. The summed E-state index contributed by atoms with van der Waals surface area (Å²) in [5.41, 5.74) is 2.02. The lowest BCUT2D eigenvalue weighted by Crippen LogP contribution is -2.36. The first kappa shape index (κ1) is 21.0. The first-order valence-electron chi connectivity index (χ1n) is 10.5. The van der Waals surface area contributed by atoms with E-state index in [1.54, 1.807) is 7.11 Å². The number of benzene rings is 3. The molecule has 31 heavy (non-hydrogen) atoms. The topological polar surface area (TPSA) is 75.7 Å². The van der Waals surface area contributed by atoms with Crippen LogP contribution in [0, 0.1) is 0 Å². The first-order valence-corrected chi connectivity index (χ1v) is 10.5. The molecule has 0 spiro atoms. The van der Waals surface area contributed by atoms with Gasteiger partial charge in [-0.3, -0.25) is 0 Å². The molecule has 162 valence electrons. The highest BCUT2D eigenvalue weighted by molar-refractivity contribution is 6.09. The van der Waals surface area contributed by atoms with E-state index < -0.39 is 6.10 Å². The molecule has 0 fully saturated rings. The lowest BCUT2D eigenvalue weighted by Gasteiger charge is -2.19. The maximum atomic E-state index is 10.3. The van der Waals surface area contributed by atoms with Gasteiger partial charge in [-0.15, -0.1) is 0 Å². The number of aliphatic hydroxyl groups is 1. The van der Waals surface area contributed by atoms with E-state index in [4.69, 9.17) is 14.2 Å². The second-order valence-corrected chi connectivity index (χ2v) is 7.55. The number of aromatic nitrogens is 1. The quantitative estimate of drug-likeness (QED) is 0.360. The SMILES string of the molecule is COc1ccccc1OC(C)CNCC(O)COc1cccc2c1[nH]c1ccccc12. The van der Waals surface area contributed by atoms with Crippen molar-refractivity contribution < 1.29 is 19.3 Å². The number of ether oxygens (including phenoxy) is 3. The summed E-state index contributed by atoms with van der Waals surface area (Å²) >= 11 is 0. The summed E-state index contributed by atoms with van der Waals surface area (Å²) in [7, 11) is 1.62. The summed E-state index contributed by atoms with van der Waals surface area (Å²) in [6.45, 7) is 3.16. The van der Waals surface area contributed by atoms with Crippen LogP contribution in [0.2, 0.25) is 0 Å². The van der Waals surface area contributed by atoms with E-state index >= 15 is 0 Å². The minimum Gasteiger partial charge on any atom is -0.493 e. The number of H-pyrrole nitrogens is 1. The number of nitrogens with one attached hydrogen (secondary N) is 2. The molecule has 0 aliphatic rings. The Labute approximate surface area is 181 Å². The van der Waals surface area contributed by atoms with Crippen molar-refractivity contribution in [1.29, 1.82) is 0 Å². The molecule has 2 atom stereocenters. The van der Waals surface area contributed by atoms with Gasteiger partial charge in [-0.2, -0.15) is 0 Å². The van der Waals surface area contributed by atoms with Crippen LogP contribution in [0.3, 0.4) is 0 Å². The zero-order chi connectivity index (χ0) is 21.6. The van der Waals surface area contributed by atoms with Crippen LogP contribution in [0.25, 0.3) is 21.8 Å². The second-order valence-electron chi connectivity index (χ2n) is 7.55. The monoisotopic (exact) mass is 420 g/mol. The van der Waals surface area contributed by atoms with Gasteiger partial charge in [0.25, 0.3) is 0 Å². The van der Waals surface area contributed by atoms with Crippen LogP contribution < -0.4 is 19.5 Å². The van der Waals surface area contributed by atoms with E-state index in [0.717, 1.165) is 27.6 Å². The lowest BCUT2D eigenvalue weighted by atomic mass is 10.1. The third-order valence-corrected chi connectivity index (χ3v) is 5.14. The molecule has 2 unspecified atom stereocenters. The Morgan fingerprint density at radius 1 is 0.871 bits per heavy atom. The normalized spacial score (nSPS) is 13.3. The van der Waals surface area contributed by atoms with E-state index in [9.17, 15) is 5.11 Å². The van der Waals surface area contributed by atoms with Gasteiger partial charge in [0, 0.05) is 29.4 Å². The average molecular weight is 421 g/mol. The van der Waals surface area contributed by atoms with Gasteiger partial charge in [0.2, 0.25) is 0 Å². The van der Waals surface area contributed by atoms with Crippen molar-refractivity contribution in [3.05, 3.63) is 66.7 Å². The van der Waals surface area contributed by atoms with Crippen LogP contribution in [0.4, 0.5) is 0 Å². The predicted molar refractivity (Wildman–Crippen MR) is 123 cm³/mol. The Balaban J connectivity index is 1.27. The second kappa shape index (κ2) is 9.73. The van der Waals surface area contributed by atoms with Gasteiger partial charge < -0.3 is 29.6 Å². The van der Waals surface area contributed by atoms with Crippen molar-refractivity contribution in [3.63, 3.8) is 0 Å². The van der Waals surface area contributed by atoms with Gasteiger partial charge >= 0.3 is 0 Å². The number of rotatable bonds is 10. The highest BCUT2D eigenvalue weighted by Gasteiger charge is 2.12. The van der Waals surface area contributed by atoms with Crippen LogP contribution in [-0.2, 0) is 0 Å². The van der Waals surface area contributed by atoms with E-state index in [0.29, 0.717) is 24.6 Å². The zero-order valence-corrected chi connectivity index (χ0v) is 17.8. The van der Waals surface area contributed by atoms with Gasteiger partial charge in [0.1, 0.15) is 24.6 Å². The first-order chi connectivity index (χ1) is 15.2. The summed E-state index contributed by atoms with van der Waals surface area (Å²) in [5, 5.41) is 15.9. The van der Waals surface area contributed by atoms with Crippen molar-refractivity contribution in [2.45, 2.75) is 19.1 Å². The summed E-state index contributed by atoms with van der Waals surface area (Å²) < 4.78 is 17.2. The Morgan fingerprint density at radius 3 is 2.42 bits per heavy atom. The predicted octanol–water partition coefficient (Wildman–Crippen LogP) is 4.13. The fourth-order valence-electron chi connectivity index (χ4n) is 3.64. The molecule has 1 heterocycles. The van der Waals surface area contributed by atoms with Crippen LogP contribution in [0.15, 0.2) is 66.7 Å². The zero-order valence-electron chi connectivity index (χ0n) is 17.8. The number of methoxy groups -OCH3 is 1. The van der Waals surface area contributed by atoms with E-state index in [2.05, 4.69) is 22.4 Å². The average Bonchev–Trinajstić information content (AvgIpc) is 3.17. The number of aliphatic hydroxyl groups excluding tert-OH is 1. The molecule has 6 nitrogen and oxygen atoms in total. The summed E-state index contributed by atoms with van der Waals surface area (Å²) in [5.74, 6) is 2.14. The Kier molecular flexibility index (Phi) is 6.60. The van der Waals surface area contributed by atoms with Gasteiger partial charge in [-0.1, -0.05) is 42.5 Å². The molecule has 0 aliphatic heterocycles. The minimum absolute atomic E-state index is 0.0792. The van der Waals surface area contributed by atoms with E-state index in [-0.39, 0.29) is 12.7 Å². The fraction of sp³-hybridized carbons (Fsp3) is 0.280. The fourth-order valence-corrected chi connectivity index (χ4v) is 3.64. The third-order valence-electron chi connectivity index (χ3n) is 5.14. The number of fused-ring (bicyclic) bond motifs is 3. The van der Waals surface area contributed by atoms with Crippen molar-refractivity contribution in [1.82, 2.24) is 10.3 Å². The molecule has 3 N–H and O–H groups in total. The largest absolute Gasteiger partial charge is 0.493 e. The maximum Gasteiger partial charge on any atom is 0.161 e. The molecule has 6 heteroatoms. The molecule has 0 bridgehead atoms. The highest BCUT2D eigenvalue weighted by Crippen LogP contribution is 2.31. The molecule has 0 amide bonds. The molecular formula is C25H28N2O4. The molecule has 4 aromatic rings. The minimum atomic E-state index is -0.641. The Morgan fingerprint density at radius 2 is 1.58 bits per heavy atom. The van der Waals surface area contributed by atoms with Gasteiger partial charge in [-0.05, 0) is 31.2 Å². The summed E-state index contributed by atoms with van der Waals surface area (Å²) in [6.07, 6.45) is -0.720. The van der Waals surface area contributed by atoms with Crippen molar-refractivity contribution in [2.24, 2.45) is 0 Å². The molecule has 0 radical (unpaired) electrons. The Bertz CT molecular complexity index is 1140. The molecule has 3 aromatic carbocycles. The van der Waals surface area contributed by atoms with Crippen LogP contribution in [-0.4, -0.2) is 49.1 Å². The number of aromatic amines is 1. The molecule has 0 saturated carbocycles. The van der Waals surface area contributed by atoms with Crippen LogP contribution in [0.1, 0.15) is 6.92 Å². The Hall–Kier alpha value is -3.22. The number of para-hydroxylation sites is 4. The van der Waals surface area contributed by atoms with E-state index in [1.807, 2.05) is 61.5 Å². The van der Waals surface area contributed by atoms with Gasteiger partial charge in [0.15, 0.2) is 11.5 Å². The van der Waals surface area contributed by atoms with Crippen molar-refractivity contribution in [3.8, 4) is 17.2 Å². The molecule has 4 rings (SSSR count). The molecular weight excluding hydrogens is 392 g/mol. The van der Waals surface area contributed by atoms with Crippen molar-refractivity contribution >= 4 is 21.8 Å². The van der Waals surface area contributed by atoms with Crippen LogP contribution >= 0.6 is 0 Å². The standard InChI is InChI=1S/C25H28N2O4/c1-17(31-23-12-6-5-11-22(23)29-2)14-26-15-18(28)16-30-24-13-7-9-20-19-8-3-4-10-21(19)27-25(20)24/h3-13,17-18,26-28H,14-16H2,1-2H3. The molecule has 1 aromatic heterocycles. The van der Waals surface area contributed by atoms with E-state index in [1.165, 1.54) is 0 Å². The highest BCUT2D eigenvalue weighted by atomic mass is 16.5. The van der Waals surface area contributed by atoms with Crippen LogP contribution in [0.5, 0.6) is 17.2 Å². The number of hydrogen-bond acceptors (Lipinski definition) is 5. The van der Waals surface area contributed by atoms with Gasteiger partial charge in [0.05, 0.1) is 12.6 Å². The molecule has 0 aliphatic carbocycles. The number of hydrogen-bond donors (Lipinski definition) is 3. The summed E-state index contributed by atoms with van der Waals surface area (Å²) in [4.78, 5) is 3.41.